The second-order valence-electron chi connectivity index (χ2n) is 6.30. The van der Waals surface area contributed by atoms with Crippen LogP contribution < -0.4 is 10.1 Å². The Morgan fingerprint density at radius 1 is 1.48 bits per heavy atom. The number of phenols is 1. The summed E-state index contributed by atoms with van der Waals surface area (Å²) in [5.41, 5.74) is 3.36. The molecular weight excluding hydrogens is 356 g/mol. The molecule has 134 valence electrons. The van der Waals surface area contributed by atoms with E-state index in [2.05, 4.69) is 22.4 Å². The van der Waals surface area contributed by atoms with Crippen LogP contribution in [-0.2, 0) is 13.0 Å². The average Bonchev–Trinajstić information content (AvgIpc) is 2.63. The van der Waals surface area contributed by atoms with Crippen molar-refractivity contribution in [2.75, 3.05) is 20.2 Å². The first-order chi connectivity index (χ1) is 12.1. The maximum atomic E-state index is 10.2. The van der Waals surface area contributed by atoms with E-state index in [1.807, 2.05) is 12.1 Å². The predicted molar refractivity (Wildman–Crippen MR) is 105 cm³/mol. The summed E-state index contributed by atoms with van der Waals surface area (Å²) >= 11 is 11.6. The van der Waals surface area contributed by atoms with Crippen LogP contribution in [0.4, 0.5) is 0 Å². The van der Waals surface area contributed by atoms with Crippen molar-refractivity contribution in [1.29, 1.82) is 0 Å². The molecule has 0 bridgehead atoms. The number of phenolic OH excluding ortho intramolecular Hbond substituents is 1. The average molecular weight is 379 g/mol. The predicted octanol–water partition coefficient (Wildman–Crippen LogP) is 3.52. The largest absolute Gasteiger partial charge is 0.504 e. The van der Waals surface area contributed by atoms with Gasteiger partial charge >= 0.3 is 0 Å². The van der Waals surface area contributed by atoms with E-state index in [0.717, 1.165) is 48.6 Å². The summed E-state index contributed by atoms with van der Waals surface area (Å²) in [5.74, 6) is 0.785. The van der Waals surface area contributed by atoms with Crippen molar-refractivity contribution in [3.63, 3.8) is 0 Å². The van der Waals surface area contributed by atoms with E-state index < -0.39 is 0 Å². The third-order valence-corrected chi connectivity index (χ3v) is 5.38. The van der Waals surface area contributed by atoms with Crippen molar-refractivity contribution in [3.8, 4) is 11.5 Å². The number of rotatable bonds is 4. The number of ether oxygens (including phenoxy) is 1. The summed E-state index contributed by atoms with van der Waals surface area (Å²) in [4.78, 5) is 2.14. The van der Waals surface area contributed by atoms with Gasteiger partial charge in [0.2, 0.25) is 0 Å². The number of benzene rings is 1. The lowest BCUT2D eigenvalue weighted by Crippen LogP contribution is -2.42. The fourth-order valence-corrected chi connectivity index (χ4v) is 3.62. The molecule has 3 rings (SSSR count). The molecule has 6 heteroatoms. The molecule has 1 unspecified atom stereocenters. The summed E-state index contributed by atoms with van der Waals surface area (Å²) in [6.07, 6.45) is 8.91. The quantitative estimate of drug-likeness (QED) is 0.620. The molecule has 0 radical (unpaired) electrons. The van der Waals surface area contributed by atoms with Gasteiger partial charge in [-0.15, -0.1) is 11.6 Å². The van der Waals surface area contributed by atoms with Gasteiger partial charge in [-0.1, -0.05) is 29.9 Å². The highest BCUT2D eigenvalue weighted by atomic mass is 35.5. The zero-order valence-corrected chi connectivity index (χ0v) is 15.9. The summed E-state index contributed by atoms with van der Waals surface area (Å²) in [7, 11) is 1.57. The summed E-state index contributed by atoms with van der Waals surface area (Å²) in [6.45, 7) is 2.30. The number of thiocarbonyl (C=S) groups is 1. The van der Waals surface area contributed by atoms with Gasteiger partial charge in [0.25, 0.3) is 0 Å². The van der Waals surface area contributed by atoms with E-state index in [1.165, 1.54) is 5.57 Å². The van der Waals surface area contributed by atoms with Gasteiger partial charge in [-0.2, -0.15) is 0 Å². The Labute approximate surface area is 159 Å². The van der Waals surface area contributed by atoms with E-state index in [4.69, 9.17) is 28.6 Å². The second-order valence-corrected chi connectivity index (χ2v) is 7.24. The van der Waals surface area contributed by atoms with Crippen LogP contribution in [0.1, 0.15) is 24.0 Å². The first-order valence-corrected chi connectivity index (χ1v) is 9.34. The minimum atomic E-state index is 0.126. The lowest BCUT2D eigenvalue weighted by Gasteiger charge is -2.31. The van der Waals surface area contributed by atoms with Crippen LogP contribution in [0, 0.1) is 0 Å². The van der Waals surface area contributed by atoms with Crippen LogP contribution in [0.15, 0.2) is 35.9 Å². The van der Waals surface area contributed by atoms with Crippen LogP contribution in [0.2, 0.25) is 0 Å². The van der Waals surface area contributed by atoms with Crippen molar-refractivity contribution in [1.82, 2.24) is 10.2 Å². The molecule has 0 fully saturated rings. The number of hydrogen-bond donors (Lipinski definition) is 2. The Morgan fingerprint density at radius 2 is 2.32 bits per heavy atom. The van der Waals surface area contributed by atoms with Crippen LogP contribution >= 0.6 is 23.8 Å². The fraction of sp³-hybridized carbons (Fsp3) is 0.421. The van der Waals surface area contributed by atoms with Gasteiger partial charge < -0.3 is 20.1 Å². The Hall–Kier alpha value is -1.72. The van der Waals surface area contributed by atoms with Crippen molar-refractivity contribution in [3.05, 3.63) is 47.1 Å². The Kier molecular flexibility index (Phi) is 5.86. The number of hydrogen-bond acceptors (Lipinski definition) is 3. The molecule has 0 amide bonds. The van der Waals surface area contributed by atoms with Crippen LogP contribution in [0.3, 0.4) is 0 Å². The number of halogens is 1. The molecule has 1 atom stereocenters. The molecule has 0 spiro atoms. The number of nitrogens with one attached hydrogen (secondary N) is 1. The Bertz CT molecular complexity index is 718. The van der Waals surface area contributed by atoms with Gasteiger partial charge in [-0.3, -0.25) is 0 Å². The highest BCUT2D eigenvalue weighted by Gasteiger charge is 2.22. The van der Waals surface area contributed by atoms with Gasteiger partial charge in [0.15, 0.2) is 16.6 Å². The van der Waals surface area contributed by atoms with Gasteiger partial charge in [0.1, 0.15) is 0 Å². The Balaban J connectivity index is 1.52. The molecule has 0 aromatic heterocycles. The van der Waals surface area contributed by atoms with E-state index >= 15 is 0 Å². The smallest absolute Gasteiger partial charge is 0.169 e. The van der Waals surface area contributed by atoms with Crippen molar-refractivity contribution < 1.29 is 9.84 Å². The van der Waals surface area contributed by atoms with Crippen molar-refractivity contribution in [2.45, 2.75) is 31.2 Å². The van der Waals surface area contributed by atoms with E-state index in [1.54, 1.807) is 13.2 Å². The maximum Gasteiger partial charge on any atom is 0.169 e. The molecule has 0 saturated carbocycles. The van der Waals surface area contributed by atoms with Crippen LogP contribution in [0.25, 0.3) is 0 Å². The molecule has 1 heterocycles. The van der Waals surface area contributed by atoms with E-state index in [0.29, 0.717) is 12.3 Å². The zero-order valence-electron chi connectivity index (χ0n) is 14.3. The maximum absolute atomic E-state index is 10.2. The normalized spacial score (nSPS) is 19.2. The topological polar surface area (TPSA) is 44.7 Å². The Morgan fingerprint density at radius 3 is 3.04 bits per heavy atom. The zero-order chi connectivity index (χ0) is 17.8. The highest BCUT2D eigenvalue weighted by molar-refractivity contribution is 7.80. The standard InChI is InChI=1S/C19H23ClN2O2S/c1-24-17-7-4-14-12-22(11-9-16(14)18(17)23)19(25)21-10-8-13-2-5-15(20)6-3-13/h2-5,7,15,23H,6,8-12H2,1H3,(H,21,25). The highest BCUT2D eigenvalue weighted by Crippen LogP contribution is 2.35. The lowest BCUT2D eigenvalue weighted by molar-refractivity contribution is 0.351. The number of methoxy groups -OCH3 is 1. The summed E-state index contributed by atoms with van der Waals surface area (Å²) < 4.78 is 5.18. The fourth-order valence-electron chi connectivity index (χ4n) is 3.20. The minimum Gasteiger partial charge on any atom is -0.504 e. The molecule has 25 heavy (non-hydrogen) atoms. The van der Waals surface area contributed by atoms with Crippen LogP contribution in [-0.4, -0.2) is 40.7 Å². The van der Waals surface area contributed by atoms with Crippen molar-refractivity contribution >= 4 is 28.9 Å². The molecule has 1 aliphatic carbocycles. The molecule has 4 nitrogen and oxygen atoms in total. The third kappa shape index (κ3) is 4.28. The van der Waals surface area contributed by atoms with Gasteiger partial charge in [0.05, 0.1) is 12.5 Å². The monoisotopic (exact) mass is 378 g/mol. The molecular formula is C19H23ClN2O2S. The van der Waals surface area contributed by atoms with Gasteiger partial charge in [-0.05, 0) is 43.1 Å². The minimum absolute atomic E-state index is 0.126. The van der Waals surface area contributed by atoms with E-state index in [-0.39, 0.29) is 11.1 Å². The van der Waals surface area contributed by atoms with Gasteiger partial charge in [-0.25, -0.2) is 0 Å². The molecule has 1 aromatic carbocycles. The van der Waals surface area contributed by atoms with Gasteiger partial charge in [0, 0.05) is 25.2 Å². The molecule has 0 saturated heterocycles. The number of alkyl halides is 1. The number of fused-ring (bicyclic) bond motifs is 1. The first kappa shape index (κ1) is 18.1. The molecule has 2 N–H and O–H groups in total. The first-order valence-electron chi connectivity index (χ1n) is 8.50. The van der Waals surface area contributed by atoms with E-state index in [9.17, 15) is 5.11 Å². The SMILES string of the molecule is COc1ccc2c(c1O)CCN(C(=S)NCCC1=CCC(Cl)C=C1)C2. The third-order valence-electron chi connectivity index (χ3n) is 4.66. The number of nitrogens with zero attached hydrogens (tertiary/aromatic N) is 1. The molecule has 1 aromatic rings. The lowest BCUT2D eigenvalue weighted by atomic mass is 9.98. The second kappa shape index (κ2) is 8.11. The molecule has 2 aliphatic rings. The van der Waals surface area contributed by atoms with Crippen molar-refractivity contribution in [2.24, 2.45) is 0 Å². The summed E-state index contributed by atoms with van der Waals surface area (Å²) in [6, 6.07) is 3.81. The summed E-state index contributed by atoms with van der Waals surface area (Å²) in [5, 5.41) is 14.5. The number of aromatic hydroxyl groups is 1. The number of allylic oxidation sites excluding steroid dienone is 3. The molecule has 1 aliphatic heterocycles. The van der Waals surface area contributed by atoms with Crippen LogP contribution in [0.5, 0.6) is 11.5 Å².